The zero-order valence-corrected chi connectivity index (χ0v) is 23.3. The summed E-state index contributed by atoms with van der Waals surface area (Å²) < 4.78 is 35.0. The fourth-order valence-corrected chi connectivity index (χ4v) is 5.01. The highest BCUT2D eigenvalue weighted by molar-refractivity contribution is 6.06. The molecule has 0 unspecified atom stereocenters. The molecule has 8 nitrogen and oxygen atoms in total. The SMILES string of the molecule is COc1ccc(-c2cc(=O)c3ccc(OC)c(-c4c(OC)ccc5c(=O)cc(-c6ccc(OC)cc6)oc45)c3o2)cc1. The van der Waals surface area contributed by atoms with Crippen LogP contribution < -0.4 is 29.8 Å². The Morgan fingerprint density at radius 2 is 0.857 bits per heavy atom. The van der Waals surface area contributed by atoms with E-state index in [1.165, 1.54) is 26.4 Å². The first kappa shape index (κ1) is 26.7. The van der Waals surface area contributed by atoms with Gasteiger partial charge in [0, 0.05) is 23.3 Å². The molecule has 0 aliphatic heterocycles. The van der Waals surface area contributed by atoms with Crippen molar-refractivity contribution in [2.24, 2.45) is 0 Å². The van der Waals surface area contributed by atoms with Gasteiger partial charge in [-0.2, -0.15) is 0 Å². The maximum Gasteiger partial charge on any atom is 0.193 e. The summed E-state index contributed by atoms with van der Waals surface area (Å²) in [5.41, 5.74) is 2.23. The van der Waals surface area contributed by atoms with Crippen molar-refractivity contribution >= 4 is 21.9 Å². The molecule has 0 saturated carbocycles. The van der Waals surface area contributed by atoms with Gasteiger partial charge in [0.05, 0.1) is 50.3 Å². The molecule has 8 heteroatoms. The molecule has 0 amide bonds. The number of hydrogen-bond donors (Lipinski definition) is 0. The van der Waals surface area contributed by atoms with E-state index >= 15 is 0 Å². The number of methoxy groups -OCH3 is 4. The maximum absolute atomic E-state index is 13.4. The summed E-state index contributed by atoms with van der Waals surface area (Å²) in [5, 5.41) is 0.659. The first-order valence-electron chi connectivity index (χ1n) is 13.0. The Morgan fingerprint density at radius 1 is 0.476 bits per heavy atom. The Hall–Kier alpha value is -5.50. The van der Waals surface area contributed by atoms with Crippen molar-refractivity contribution in [1.82, 2.24) is 0 Å². The van der Waals surface area contributed by atoms with Crippen LogP contribution in [-0.4, -0.2) is 28.4 Å². The zero-order chi connectivity index (χ0) is 29.4. The van der Waals surface area contributed by atoms with Gasteiger partial charge < -0.3 is 27.8 Å². The van der Waals surface area contributed by atoms with Gasteiger partial charge in [0.2, 0.25) is 0 Å². The number of fused-ring (bicyclic) bond motifs is 2. The lowest BCUT2D eigenvalue weighted by atomic mass is 9.97. The van der Waals surface area contributed by atoms with E-state index in [9.17, 15) is 9.59 Å². The lowest BCUT2D eigenvalue weighted by Gasteiger charge is -2.17. The van der Waals surface area contributed by atoms with Gasteiger partial charge in [0.25, 0.3) is 0 Å². The van der Waals surface area contributed by atoms with Gasteiger partial charge in [-0.05, 0) is 72.8 Å². The zero-order valence-electron chi connectivity index (χ0n) is 23.3. The minimum Gasteiger partial charge on any atom is -0.497 e. The summed E-state index contributed by atoms with van der Waals surface area (Å²) in [4.78, 5) is 26.8. The van der Waals surface area contributed by atoms with Crippen molar-refractivity contribution in [3.05, 3.63) is 105 Å². The molecule has 210 valence electrons. The van der Waals surface area contributed by atoms with Crippen LogP contribution in [0.1, 0.15) is 0 Å². The van der Waals surface area contributed by atoms with Crippen molar-refractivity contribution in [3.63, 3.8) is 0 Å². The fourth-order valence-electron chi connectivity index (χ4n) is 5.01. The number of rotatable bonds is 7. The third-order valence-electron chi connectivity index (χ3n) is 7.16. The van der Waals surface area contributed by atoms with E-state index < -0.39 is 0 Å². The van der Waals surface area contributed by atoms with Crippen molar-refractivity contribution in [2.45, 2.75) is 0 Å². The highest BCUT2D eigenvalue weighted by Crippen LogP contribution is 2.45. The largest absolute Gasteiger partial charge is 0.497 e. The molecule has 0 bridgehead atoms. The monoisotopic (exact) mass is 562 g/mol. The molecule has 42 heavy (non-hydrogen) atoms. The predicted octanol–water partition coefficient (Wildman–Crippen LogP) is 6.93. The maximum atomic E-state index is 13.4. The van der Waals surface area contributed by atoms with E-state index in [0.29, 0.717) is 67.5 Å². The molecule has 2 heterocycles. The number of ether oxygens (including phenoxy) is 4. The van der Waals surface area contributed by atoms with Gasteiger partial charge in [-0.25, -0.2) is 0 Å². The topological polar surface area (TPSA) is 97.3 Å². The van der Waals surface area contributed by atoms with Gasteiger partial charge >= 0.3 is 0 Å². The summed E-state index contributed by atoms with van der Waals surface area (Å²) in [7, 11) is 6.21. The van der Waals surface area contributed by atoms with Crippen molar-refractivity contribution in [3.8, 4) is 56.8 Å². The van der Waals surface area contributed by atoms with E-state index in [2.05, 4.69) is 0 Å². The molecule has 0 fully saturated rings. The highest BCUT2D eigenvalue weighted by Gasteiger charge is 2.24. The van der Waals surface area contributed by atoms with E-state index in [4.69, 9.17) is 27.8 Å². The van der Waals surface area contributed by atoms with E-state index in [-0.39, 0.29) is 22.0 Å². The Morgan fingerprint density at radius 3 is 1.19 bits per heavy atom. The molecule has 4 aromatic carbocycles. The molecular formula is C34H26O8. The molecule has 0 N–H and O–H groups in total. The van der Waals surface area contributed by atoms with E-state index in [1.54, 1.807) is 87.0 Å². The van der Waals surface area contributed by atoms with Crippen LogP contribution in [0.15, 0.2) is 103 Å². The Bertz CT molecular complexity index is 1900. The van der Waals surface area contributed by atoms with E-state index in [1.807, 2.05) is 0 Å². The normalized spacial score (nSPS) is 11.0. The summed E-state index contributed by atoms with van der Waals surface area (Å²) in [6, 6.07) is 23.9. The Kier molecular flexibility index (Phi) is 6.88. The molecule has 0 aliphatic rings. The number of benzene rings is 4. The fraction of sp³-hybridized carbons (Fsp3) is 0.118. The van der Waals surface area contributed by atoms with Crippen LogP contribution in [-0.2, 0) is 0 Å². The van der Waals surface area contributed by atoms with Crippen LogP contribution in [0, 0.1) is 0 Å². The summed E-state index contributed by atoms with van der Waals surface area (Å²) >= 11 is 0. The highest BCUT2D eigenvalue weighted by atomic mass is 16.5. The molecule has 0 spiro atoms. The second-order valence-corrected chi connectivity index (χ2v) is 9.45. The van der Waals surface area contributed by atoms with Crippen LogP contribution in [0.5, 0.6) is 23.0 Å². The third kappa shape index (κ3) is 4.53. The molecule has 6 rings (SSSR count). The number of hydrogen-bond acceptors (Lipinski definition) is 8. The van der Waals surface area contributed by atoms with Gasteiger partial charge in [-0.15, -0.1) is 0 Å². The first-order valence-corrected chi connectivity index (χ1v) is 13.0. The van der Waals surface area contributed by atoms with Crippen LogP contribution in [0.3, 0.4) is 0 Å². The van der Waals surface area contributed by atoms with Gasteiger partial charge in [0.1, 0.15) is 45.7 Å². The standard InChI is InChI=1S/C34H26O8/c1-37-21-9-5-19(6-10-21)29-17-25(35)23-13-15-27(39-3)31(33(23)41-29)32-28(40-4)16-14-24-26(36)18-30(42-34(24)32)20-7-11-22(38-2)12-8-20/h5-18H,1-4H3. The van der Waals surface area contributed by atoms with E-state index in [0.717, 1.165) is 0 Å². The minimum absolute atomic E-state index is 0.245. The second kappa shape index (κ2) is 10.8. The van der Waals surface area contributed by atoms with Gasteiger partial charge in [-0.1, -0.05) is 0 Å². The van der Waals surface area contributed by atoms with Crippen molar-refractivity contribution in [2.75, 3.05) is 28.4 Å². The summed E-state index contributed by atoms with van der Waals surface area (Å²) in [5.74, 6) is 2.86. The van der Waals surface area contributed by atoms with Gasteiger partial charge in [-0.3, -0.25) is 9.59 Å². The average molecular weight is 563 g/mol. The Labute approximate surface area is 240 Å². The smallest absolute Gasteiger partial charge is 0.193 e. The third-order valence-corrected chi connectivity index (χ3v) is 7.16. The molecule has 0 aliphatic carbocycles. The van der Waals surface area contributed by atoms with Gasteiger partial charge in [0.15, 0.2) is 10.9 Å². The minimum atomic E-state index is -0.245. The second-order valence-electron chi connectivity index (χ2n) is 9.45. The summed E-state index contributed by atoms with van der Waals surface area (Å²) in [6.07, 6.45) is 0. The quantitative estimate of drug-likeness (QED) is 0.207. The molecule has 0 radical (unpaired) electrons. The van der Waals surface area contributed by atoms with Crippen molar-refractivity contribution in [1.29, 1.82) is 0 Å². The van der Waals surface area contributed by atoms with Crippen LogP contribution in [0.25, 0.3) is 55.7 Å². The van der Waals surface area contributed by atoms with Crippen LogP contribution in [0.2, 0.25) is 0 Å². The lowest BCUT2D eigenvalue weighted by molar-refractivity contribution is 0.409. The molecular weight excluding hydrogens is 536 g/mol. The van der Waals surface area contributed by atoms with Crippen molar-refractivity contribution < 1.29 is 27.8 Å². The molecule has 6 aromatic rings. The molecule has 0 saturated heterocycles. The first-order chi connectivity index (χ1) is 20.4. The Balaban J connectivity index is 1.69. The molecule has 0 atom stereocenters. The molecule has 2 aromatic heterocycles. The average Bonchev–Trinajstić information content (AvgIpc) is 3.03. The summed E-state index contributed by atoms with van der Waals surface area (Å²) in [6.45, 7) is 0. The lowest BCUT2D eigenvalue weighted by Crippen LogP contribution is -2.05. The van der Waals surface area contributed by atoms with Crippen LogP contribution >= 0.6 is 0 Å². The predicted molar refractivity (Wildman–Crippen MR) is 161 cm³/mol. The van der Waals surface area contributed by atoms with Crippen LogP contribution in [0.4, 0.5) is 0 Å².